The Morgan fingerprint density at radius 2 is 2.00 bits per heavy atom. The number of aromatic hydroxyl groups is 1. The summed E-state index contributed by atoms with van der Waals surface area (Å²) in [5.41, 5.74) is 2.02. The van der Waals surface area contributed by atoms with Crippen molar-refractivity contribution in [1.82, 2.24) is 9.88 Å². The van der Waals surface area contributed by atoms with Crippen molar-refractivity contribution in [3.05, 3.63) is 47.5 Å². The molecule has 1 fully saturated rings. The van der Waals surface area contributed by atoms with Crippen LogP contribution in [-0.4, -0.2) is 72.8 Å². The number of halogens is 1. The predicted octanol–water partition coefficient (Wildman–Crippen LogP) is 2.88. The van der Waals surface area contributed by atoms with Gasteiger partial charge in [0, 0.05) is 31.8 Å². The SMILES string of the molecule is COCCOC1=CN(C(=O)O)Cc2c(-c3cc(O)cc(F)c3)cc(N3CCOCC3)nc21. The van der Waals surface area contributed by atoms with Crippen molar-refractivity contribution in [2.24, 2.45) is 0 Å². The van der Waals surface area contributed by atoms with Gasteiger partial charge in [0.15, 0.2) is 5.76 Å². The van der Waals surface area contributed by atoms with Gasteiger partial charge >= 0.3 is 6.09 Å². The topological polar surface area (TPSA) is 105 Å². The second-order valence-corrected chi connectivity index (χ2v) is 7.40. The minimum Gasteiger partial charge on any atom is -0.508 e. The maximum atomic E-state index is 14.1. The first-order chi connectivity index (χ1) is 15.5. The Balaban J connectivity index is 1.88. The van der Waals surface area contributed by atoms with Crippen LogP contribution in [0.5, 0.6) is 5.75 Å². The van der Waals surface area contributed by atoms with Crippen LogP contribution in [0.15, 0.2) is 30.5 Å². The van der Waals surface area contributed by atoms with Gasteiger partial charge in [-0.05, 0) is 29.3 Å². The van der Waals surface area contributed by atoms with Crippen molar-refractivity contribution < 1.29 is 33.6 Å². The molecule has 2 N–H and O–H groups in total. The summed E-state index contributed by atoms with van der Waals surface area (Å²) >= 11 is 0. The van der Waals surface area contributed by atoms with E-state index in [2.05, 4.69) is 0 Å². The summed E-state index contributed by atoms with van der Waals surface area (Å²) in [4.78, 5) is 19.7. The maximum Gasteiger partial charge on any atom is 0.411 e. The first-order valence-corrected chi connectivity index (χ1v) is 10.2. The summed E-state index contributed by atoms with van der Waals surface area (Å²) in [6.07, 6.45) is 0.234. The highest BCUT2D eigenvalue weighted by Gasteiger charge is 2.29. The van der Waals surface area contributed by atoms with Gasteiger partial charge in [0.25, 0.3) is 0 Å². The van der Waals surface area contributed by atoms with Gasteiger partial charge in [0.2, 0.25) is 0 Å². The van der Waals surface area contributed by atoms with E-state index in [1.807, 2.05) is 4.90 Å². The van der Waals surface area contributed by atoms with Crippen molar-refractivity contribution in [2.75, 3.05) is 51.5 Å². The van der Waals surface area contributed by atoms with Crippen molar-refractivity contribution in [2.45, 2.75) is 6.54 Å². The van der Waals surface area contributed by atoms with Gasteiger partial charge in [-0.1, -0.05) is 0 Å². The number of pyridine rings is 1. The van der Waals surface area contributed by atoms with E-state index in [0.717, 1.165) is 11.0 Å². The molecule has 0 atom stereocenters. The molecule has 0 radical (unpaired) electrons. The number of hydrogen-bond acceptors (Lipinski definition) is 7. The fraction of sp³-hybridized carbons (Fsp3) is 0.364. The molecule has 2 aliphatic heterocycles. The molecule has 10 heteroatoms. The van der Waals surface area contributed by atoms with Crippen LogP contribution in [0, 0.1) is 5.82 Å². The number of amides is 1. The highest BCUT2D eigenvalue weighted by molar-refractivity contribution is 5.81. The number of benzene rings is 1. The quantitative estimate of drug-likeness (QED) is 0.654. The van der Waals surface area contributed by atoms with Gasteiger partial charge in [0.05, 0.1) is 32.6 Å². The van der Waals surface area contributed by atoms with Crippen LogP contribution in [0.1, 0.15) is 11.3 Å². The molecule has 2 aliphatic rings. The largest absolute Gasteiger partial charge is 0.508 e. The van der Waals surface area contributed by atoms with Crippen molar-refractivity contribution in [3.8, 4) is 16.9 Å². The number of phenolic OH excluding ortho intramolecular Hbond substituents is 1. The molecule has 0 spiro atoms. The Morgan fingerprint density at radius 1 is 1.22 bits per heavy atom. The molecule has 4 rings (SSSR count). The number of carboxylic acid groups (broad SMARTS) is 1. The summed E-state index contributed by atoms with van der Waals surface area (Å²) < 4.78 is 30.4. The van der Waals surface area contributed by atoms with Gasteiger partial charge in [-0.25, -0.2) is 14.2 Å². The molecule has 170 valence electrons. The summed E-state index contributed by atoms with van der Waals surface area (Å²) in [6.45, 7) is 2.88. The molecule has 9 nitrogen and oxygen atoms in total. The minimum atomic E-state index is -1.16. The predicted molar refractivity (Wildman–Crippen MR) is 114 cm³/mol. The van der Waals surface area contributed by atoms with Gasteiger partial charge in [-0.3, -0.25) is 4.90 Å². The number of anilines is 1. The second-order valence-electron chi connectivity index (χ2n) is 7.40. The molecule has 1 saturated heterocycles. The first kappa shape index (κ1) is 21.8. The van der Waals surface area contributed by atoms with Gasteiger partial charge in [-0.15, -0.1) is 0 Å². The Labute approximate surface area is 184 Å². The molecule has 1 aromatic carbocycles. The third kappa shape index (κ3) is 4.61. The van der Waals surface area contributed by atoms with Crippen LogP contribution in [0.2, 0.25) is 0 Å². The number of rotatable bonds is 6. The molecule has 32 heavy (non-hydrogen) atoms. The third-order valence-electron chi connectivity index (χ3n) is 5.27. The zero-order valence-electron chi connectivity index (χ0n) is 17.6. The number of methoxy groups -OCH3 is 1. The van der Waals surface area contributed by atoms with Crippen molar-refractivity contribution in [1.29, 1.82) is 0 Å². The van der Waals surface area contributed by atoms with E-state index in [1.165, 1.54) is 18.3 Å². The van der Waals surface area contributed by atoms with Crippen LogP contribution in [0.3, 0.4) is 0 Å². The maximum absolute atomic E-state index is 14.1. The van der Waals surface area contributed by atoms with Crippen LogP contribution >= 0.6 is 0 Å². The minimum absolute atomic E-state index is 0.00477. The number of morpholine rings is 1. The third-order valence-corrected chi connectivity index (χ3v) is 5.27. The van der Waals surface area contributed by atoms with E-state index in [9.17, 15) is 19.4 Å². The summed E-state index contributed by atoms with van der Waals surface area (Å²) in [5.74, 6) is 0.0893. The van der Waals surface area contributed by atoms with E-state index in [1.54, 1.807) is 13.2 Å². The van der Waals surface area contributed by atoms with Gasteiger partial charge in [0.1, 0.15) is 29.7 Å². The van der Waals surface area contributed by atoms with E-state index < -0.39 is 11.9 Å². The molecule has 0 saturated carbocycles. The van der Waals surface area contributed by atoms with Crippen LogP contribution in [-0.2, 0) is 20.8 Å². The Kier molecular flexibility index (Phi) is 6.42. The lowest BCUT2D eigenvalue weighted by Gasteiger charge is -2.31. The number of ether oxygens (including phenoxy) is 3. The second kappa shape index (κ2) is 9.41. The zero-order chi connectivity index (χ0) is 22.7. The van der Waals surface area contributed by atoms with E-state index >= 15 is 0 Å². The average molecular weight is 445 g/mol. The Hall–Kier alpha value is -3.37. The fourth-order valence-corrected chi connectivity index (χ4v) is 3.75. The van der Waals surface area contributed by atoms with Crippen LogP contribution in [0.25, 0.3) is 16.9 Å². The molecule has 1 aromatic heterocycles. The molecule has 2 aromatic rings. The zero-order valence-corrected chi connectivity index (χ0v) is 17.6. The standard InChI is InChI=1S/C22H24FN3O6/c1-30-6-7-32-19-13-26(22(28)29)12-18-17(14-8-15(23)10-16(27)9-14)11-20(24-21(18)19)25-2-4-31-5-3-25/h8-11,13,27H,2-7,12H2,1H3,(H,28,29). The smallest absolute Gasteiger partial charge is 0.411 e. The summed E-state index contributed by atoms with van der Waals surface area (Å²) in [7, 11) is 1.54. The van der Waals surface area contributed by atoms with Crippen molar-refractivity contribution >= 4 is 17.7 Å². The molecule has 0 unspecified atom stereocenters. The molecular formula is C22H24FN3O6. The number of hydrogen-bond donors (Lipinski definition) is 2. The highest BCUT2D eigenvalue weighted by Crippen LogP contribution is 2.38. The number of nitrogens with zero attached hydrogens (tertiary/aromatic N) is 3. The molecule has 1 amide bonds. The Morgan fingerprint density at radius 3 is 2.69 bits per heavy atom. The average Bonchev–Trinajstić information content (AvgIpc) is 2.78. The summed E-state index contributed by atoms with van der Waals surface area (Å²) in [6, 6.07) is 5.54. The van der Waals surface area contributed by atoms with Crippen LogP contribution < -0.4 is 4.90 Å². The van der Waals surface area contributed by atoms with Gasteiger partial charge < -0.3 is 29.3 Å². The molecule has 0 bridgehead atoms. The molecular weight excluding hydrogens is 421 g/mol. The lowest BCUT2D eigenvalue weighted by atomic mass is 9.95. The van der Waals surface area contributed by atoms with E-state index in [0.29, 0.717) is 61.1 Å². The molecule has 3 heterocycles. The van der Waals surface area contributed by atoms with E-state index in [4.69, 9.17) is 19.2 Å². The summed E-state index contributed by atoms with van der Waals surface area (Å²) in [5, 5.41) is 19.6. The lowest BCUT2D eigenvalue weighted by Crippen LogP contribution is -2.37. The fourth-order valence-electron chi connectivity index (χ4n) is 3.75. The van der Waals surface area contributed by atoms with E-state index in [-0.39, 0.29) is 24.7 Å². The Bertz CT molecular complexity index is 1020. The van der Waals surface area contributed by atoms with Crippen molar-refractivity contribution in [3.63, 3.8) is 0 Å². The highest BCUT2D eigenvalue weighted by atomic mass is 19.1. The number of carbonyl (C=O) groups is 1. The molecule has 0 aliphatic carbocycles. The number of fused-ring (bicyclic) bond motifs is 1. The van der Waals surface area contributed by atoms with Crippen LogP contribution in [0.4, 0.5) is 15.0 Å². The first-order valence-electron chi connectivity index (χ1n) is 10.2. The lowest BCUT2D eigenvalue weighted by molar-refractivity contribution is 0.122. The monoisotopic (exact) mass is 445 g/mol. The van der Waals surface area contributed by atoms with Gasteiger partial charge in [-0.2, -0.15) is 0 Å². The number of phenols is 1. The normalized spacial score (nSPS) is 15.9. The number of aromatic nitrogens is 1.